The second-order valence-corrected chi connectivity index (χ2v) is 8.10. The van der Waals surface area contributed by atoms with Crippen LogP contribution in [0.15, 0.2) is 36.7 Å². The molecule has 2 aliphatic heterocycles. The van der Waals surface area contributed by atoms with E-state index in [1.54, 1.807) is 22.8 Å². The molecule has 1 atom stereocenters. The highest BCUT2D eigenvalue weighted by molar-refractivity contribution is 6.00. The molecular formula is C21H20FN5O2. The van der Waals surface area contributed by atoms with E-state index in [0.29, 0.717) is 30.1 Å². The van der Waals surface area contributed by atoms with E-state index >= 15 is 0 Å². The lowest BCUT2D eigenvalue weighted by atomic mass is 10.0. The van der Waals surface area contributed by atoms with E-state index in [4.69, 9.17) is 9.72 Å². The minimum Gasteiger partial charge on any atom is -0.491 e. The van der Waals surface area contributed by atoms with Gasteiger partial charge in [0, 0.05) is 25.4 Å². The molecule has 3 aliphatic rings. The van der Waals surface area contributed by atoms with Gasteiger partial charge in [-0.2, -0.15) is 5.10 Å². The van der Waals surface area contributed by atoms with Gasteiger partial charge < -0.3 is 14.5 Å². The third-order valence-electron chi connectivity index (χ3n) is 6.57. The lowest BCUT2D eigenvalue weighted by molar-refractivity contribution is 0.0333. The summed E-state index contributed by atoms with van der Waals surface area (Å²) < 4.78 is 22.0. The Hall–Kier alpha value is -3.16. The normalized spacial score (nSPS) is 22.3. The molecule has 1 saturated heterocycles. The van der Waals surface area contributed by atoms with Gasteiger partial charge >= 0.3 is 0 Å². The number of ether oxygens (including phenoxy) is 1. The first kappa shape index (κ1) is 16.8. The molecule has 2 aromatic heterocycles. The van der Waals surface area contributed by atoms with Crippen molar-refractivity contribution in [2.24, 2.45) is 0 Å². The number of halogens is 1. The van der Waals surface area contributed by atoms with E-state index < -0.39 is 0 Å². The first-order valence-electron chi connectivity index (χ1n) is 9.89. The zero-order chi connectivity index (χ0) is 19.8. The summed E-state index contributed by atoms with van der Waals surface area (Å²) in [6.07, 6.45) is 6.05. The largest absolute Gasteiger partial charge is 0.491 e. The fraction of sp³-hybridized carbons (Fsp3) is 0.381. The van der Waals surface area contributed by atoms with Crippen LogP contribution in [0.1, 0.15) is 35.2 Å². The van der Waals surface area contributed by atoms with Gasteiger partial charge in [-0.25, -0.2) is 13.9 Å². The summed E-state index contributed by atoms with van der Waals surface area (Å²) in [6, 6.07) is 6.57. The smallest absolute Gasteiger partial charge is 0.259 e. The molecule has 8 heteroatoms. The summed E-state index contributed by atoms with van der Waals surface area (Å²) in [6.45, 7) is 1.07. The molecule has 3 aromatic rings. The van der Waals surface area contributed by atoms with Crippen LogP contribution >= 0.6 is 0 Å². The second kappa shape index (κ2) is 5.68. The maximum absolute atomic E-state index is 14.2. The quantitative estimate of drug-likeness (QED) is 0.588. The molecule has 0 N–H and O–H groups in total. The standard InChI is InChI=1S/C21H20FN5O2/c1-25-18-5-9-27-19(24-18)15(11-23-27)20(28)26-8-4-14(26)12-29-17-3-2-13(22)10-16(17)21(25)6-7-21/h2-3,5,9-11,14H,4,6-8,12H2,1H3. The molecule has 148 valence electrons. The zero-order valence-electron chi connectivity index (χ0n) is 16.0. The summed E-state index contributed by atoms with van der Waals surface area (Å²) in [4.78, 5) is 21.8. The minimum atomic E-state index is -0.361. The van der Waals surface area contributed by atoms with Gasteiger partial charge in [-0.05, 0) is 43.5 Å². The van der Waals surface area contributed by atoms with Crippen LogP contribution in [0, 0.1) is 5.82 Å². The van der Waals surface area contributed by atoms with Crippen molar-refractivity contribution in [3.05, 3.63) is 53.6 Å². The molecule has 2 fully saturated rings. The average molecular weight is 393 g/mol. The van der Waals surface area contributed by atoms with Gasteiger partial charge in [-0.3, -0.25) is 4.79 Å². The van der Waals surface area contributed by atoms with Crippen LogP contribution in [-0.4, -0.2) is 51.6 Å². The molecule has 1 spiro atoms. The minimum absolute atomic E-state index is 0.00725. The third-order valence-corrected chi connectivity index (χ3v) is 6.57. The number of rotatable bonds is 0. The van der Waals surface area contributed by atoms with Crippen LogP contribution in [0.3, 0.4) is 0 Å². The van der Waals surface area contributed by atoms with E-state index in [2.05, 4.69) is 10.00 Å². The van der Waals surface area contributed by atoms with Gasteiger partial charge in [0.15, 0.2) is 5.65 Å². The Morgan fingerprint density at radius 3 is 2.90 bits per heavy atom. The maximum Gasteiger partial charge on any atom is 0.259 e. The maximum atomic E-state index is 14.2. The Kier molecular flexibility index (Phi) is 3.29. The molecule has 2 bridgehead atoms. The van der Waals surface area contributed by atoms with E-state index in [0.717, 1.165) is 30.6 Å². The van der Waals surface area contributed by atoms with Crippen LogP contribution in [0.4, 0.5) is 10.2 Å². The summed E-state index contributed by atoms with van der Waals surface area (Å²) >= 11 is 0. The van der Waals surface area contributed by atoms with Gasteiger partial charge in [0.25, 0.3) is 5.91 Å². The Morgan fingerprint density at radius 2 is 2.14 bits per heavy atom. The Labute approximate surface area is 166 Å². The Balaban J connectivity index is 1.56. The second-order valence-electron chi connectivity index (χ2n) is 8.10. The van der Waals surface area contributed by atoms with Gasteiger partial charge in [0.2, 0.25) is 0 Å². The van der Waals surface area contributed by atoms with E-state index in [9.17, 15) is 9.18 Å². The number of hydrogen-bond donors (Lipinski definition) is 0. The molecule has 4 heterocycles. The molecule has 29 heavy (non-hydrogen) atoms. The van der Waals surface area contributed by atoms with Crippen molar-refractivity contribution < 1.29 is 13.9 Å². The number of carbonyl (C=O) groups excluding carboxylic acids is 1. The fourth-order valence-corrected chi connectivity index (χ4v) is 4.53. The number of aromatic nitrogens is 3. The van der Waals surface area contributed by atoms with Crippen molar-refractivity contribution in [3.63, 3.8) is 0 Å². The third kappa shape index (κ3) is 2.31. The van der Waals surface area contributed by atoms with Gasteiger partial charge in [0.1, 0.15) is 29.6 Å². The van der Waals surface area contributed by atoms with Gasteiger partial charge in [-0.15, -0.1) is 0 Å². The Bertz CT molecular complexity index is 1160. The molecule has 7 nitrogen and oxygen atoms in total. The van der Waals surface area contributed by atoms with Crippen molar-refractivity contribution >= 4 is 17.4 Å². The number of carbonyl (C=O) groups is 1. The first-order valence-corrected chi connectivity index (χ1v) is 9.89. The van der Waals surface area contributed by atoms with Crippen molar-refractivity contribution in [1.29, 1.82) is 0 Å². The van der Waals surface area contributed by atoms with Crippen molar-refractivity contribution in [2.45, 2.75) is 30.8 Å². The van der Waals surface area contributed by atoms with E-state index in [-0.39, 0.29) is 23.3 Å². The lowest BCUT2D eigenvalue weighted by Crippen LogP contribution is -2.53. The highest BCUT2D eigenvalue weighted by Crippen LogP contribution is 2.54. The number of amides is 1. The molecule has 1 amide bonds. The first-order chi connectivity index (χ1) is 14.1. The molecule has 1 unspecified atom stereocenters. The Morgan fingerprint density at radius 1 is 1.28 bits per heavy atom. The molecule has 1 saturated carbocycles. The number of anilines is 1. The predicted octanol–water partition coefficient (Wildman–Crippen LogP) is 2.60. The fourth-order valence-electron chi connectivity index (χ4n) is 4.53. The molecular weight excluding hydrogens is 373 g/mol. The van der Waals surface area contributed by atoms with Crippen LogP contribution in [-0.2, 0) is 5.54 Å². The van der Waals surface area contributed by atoms with Crippen LogP contribution in [0.2, 0.25) is 0 Å². The molecule has 1 aromatic carbocycles. The summed E-state index contributed by atoms with van der Waals surface area (Å²) in [5.74, 6) is 1.04. The monoisotopic (exact) mass is 393 g/mol. The van der Waals surface area contributed by atoms with Crippen molar-refractivity contribution in [2.75, 3.05) is 25.1 Å². The highest BCUT2D eigenvalue weighted by Gasteiger charge is 2.51. The molecule has 0 radical (unpaired) electrons. The van der Waals surface area contributed by atoms with Crippen LogP contribution in [0.25, 0.3) is 5.65 Å². The lowest BCUT2D eigenvalue weighted by Gasteiger charge is -2.40. The summed E-state index contributed by atoms with van der Waals surface area (Å²) in [5, 5.41) is 4.30. The number of hydrogen-bond acceptors (Lipinski definition) is 5. The van der Waals surface area contributed by atoms with Crippen LogP contribution in [0.5, 0.6) is 5.75 Å². The van der Waals surface area contributed by atoms with Crippen LogP contribution < -0.4 is 9.64 Å². The van der Waals surface area contributed by atoms with E-state index in [1.165, 1.54) is 6.07 Å². The highest BCUT2D eigenvalue weighted by atomic mass is 19.1. The van der Waals surface area contributed by atoms with Crippen molar-refractivity contribution in [1.82, 2.24) is 19.5 Å². The summed E-state index contributed by atoms with van der Waals surface area (Å²) in [7, 11) is 1.96. The SMILES string of the molecule is CN1c2ccn3ncc(c3n2)C(=O)N2CCC2COc2ccc(F)cc2C12CC2. The number of benzene rings is 1. The average Bonchev–Trinajstić information content (AvgIpc) is 3.39. The topological polar surface area (TPSA) is 63.0 Å². The van der Waals surface area contributed by atoms with E-state index in [1.807, 2.05) is 24.2 Å². The van der Waals surface area contributed by atoms with Crippen molar-refractivity contribution in [3.8, 4) is 5.75 Å². The van der Waals surface area contributed by atoms with Gasteiger partial charge in [-0.1, -0.05) is 0 Å². The number of fused-ring (bicyclic) bond motifs is 4. The molecule has 6 rings (SSSR count). The predicted molar refractivity (Wildman–Crippen MR) is 104 cm³/mol. The summed E-state index contributed by atoms with van der Waals surface area (Å²) in [5.41, 5.74) is 1.52. The van der Waals surface area contributed by atoms with Gasteiger partial charge in [0.05, 0.1) is 17.8 Å². The number of nitrogens with zero attached hydrogens (tertiary/aromatic N) is 5. The zero-order valence-corrected chi connectivity index (χ0v) is 16.0. The molecule has 1 aliphatic carbocycles.